The van der Waals surface area contributed by atoms with E-state index in [1.165, 1.54) is 5.56 Å². The summed E-state index contributed by atoms with van der Waals surface area (Å²) in [4.78, 5) is 9.66. The highest BCUT2D eigenvalue weighted by Crippen LogP contribution is 2.26. The summed E-state index contributed by atoms with van der Waals surface area (Å²) in [5, 5.41) is 11.0. The van der Waals surface area contributed by atoms with Crippen molar-refractivity contribution >= 4 is 27.4 Å². The second-order valence-corrected chi connectivity index (χ2v) is 6.58. The number of rotatable bonds is 5. The average Bonchev–Trinajstić information content (AvgIpc) is 3.25. The van der Waals surface area contributed by atoms with Crippen LogP contribution in [0, 0.1) is 0 Å². The molecule has 1 unspecified atom stereocenters. The number of thiophene rings is 1. The first-order valence-corrected chi connectivity index (χ1v) is 8.68. The molecule has 120 valence electrons. The molecule has 0 fully saturated rings. The highest BCUT2D eigenvalue weighted by atomic mass is 32.1. The van der Waals surface area contributed by atoms with Crippen molar-refractivity contribution in [2.24, 2.45) is 0 Å². The van der Waals surface area contributed by atoms with Gasteiger partial charge in [0, 0.05) is 11.8 Å². The second-order valence-electron chi connectivity index (χ2n) is 5.68. The molecular formula is C18H17N5S. The van der Waals surface area contributed by atoms with Crippen LogP contribution in [-0.4, -0.2) is 19.7 Å². The third-order valence-corrected chi connectivity index (χ3v) is 4.78. The minimum absolute atomic E-state index is 0.118. The summed E-state index contributed by atoms with van der Waals surface area (Å²) in [6.45, 7) is 2.89. The number of hydrogen-bond acceptors (Lipinski definition) is 5. The van der Waals surface area contributed by atoms with Crippen molar-refractivity contribution in [3.05, 3.63) is 71.6 Å². The molecule has 0 bridgehead atoms. The fourth-order valence-electron chi connectivity index (χ4n) is 2.65. The molecule has 1 atom stereocenters. The van der Waals surface area contributed by atoms with Crippen LogP contribution in [0.25, 0.3) is 10.2 Å². The van der Waals surface area contributed by atoms with E-state index in [1.54, 1.807) is 17.7 Å². The SMILES string of the molecule is CC(Nc1ncnc2sccc12)c1cnn(Cc2ccccc2)c1. The van der Waals surface area contributed by atoms with Crippen LogP contribution in [0.1, 0.15) is 24.1 Å². The average molecular weight is 335 g/mol. The van der Waals surface area contributed by atoms with Crippen LogP contribution >= 0.6 is 11.3 Å². The molecule has 5 nitrogen and oxygen atoms in total. The summed E-state index contributed by atoms with van der Waals surface area (Å²) in [6.07, 6.45) is 5.59. The van der Waals surface area contributed by atoms with Gasteiger partial charge in [-0.25, -0.2) is 9.97 Å². The van der Waals surface area contributed by atoms with Crippen LogP contribution in [0.5, 0.6) is 0 Å². The third-order valence-electron chi connectivity index (χ3n) is 3.96. The lowest BCUT2D eigenvalue weighted by atomic mass is 10.2. The summed E-state index contributed by atoms with van der Waals surface area (Å²) in [5.41, 5.74) is 2.37. The Morgan fingerprint density at radius 2 is 2.04 bits per heavy atom. The van der Waals surface area contributed by atoms with E-state index in [4.69, 9.17) is 0 Å². The van der Waals surface area contributed by atoms with Gasteiger partial charge in [-0.3, -0.25) is 4.68 Å². The Kier molecular flexibility index (Phi) is 3.96. The molecule has 0 aliphatic rings. The first kappa shape index (κ1) is 14.8. The van der Waals surface area contributed by atoms with E-state index < -0.39 is 0 Å². The molecule has 24 heavy (non-hydrogen) atoms. The van der Waals surface area contributed by atoms with E-state index in [2.05, 4.69) is 45.6 Å². The van der Waals surface area contributed by atoms with E-state index in [9.17, 15) is 0 Å². The van der Waals surface area contributed by atoms with Gasteiger partial charge in [0.2, 0.25) is 0 Å². The zero-order valence-electron chi connectivity index (χ0n) is 13.3. The monoisotopic (exact) mass is 335 g/mol. The van der Waals surface area contributed by atoms with Gasteiger partial charge < -0.3 is 5.32 Å². The van der Waals surface area contributed by atoms with Gasteiger partial charge in [0.05, 0.1) is 24.2 Å². The van der Waals surface area contributed by atoms with Crippen molar-refractivity contribution in [1.82, 2.24) is 19.7 Å². The summed E-state index contributed by atoms with van der Waals surface area (Å²) < 4.78 is 1.96. The van der Waals surface area contributed by atoms with Crippen LogP contribution in [0.2, 0.25) is 0 Å². The van der Waals surface area contributed by atoms with Gasteiger partial charge >= 0.3 is 0 Å². The smallest absolute Gasteiger partial charge is 0.138 e. The molecule has 4 aromatic rings. The van der Waals surface area contributed by atoms with E-state index >= 15 is 0 Å². The summed E-state index contributed by atoms with van der Waals surface area (Å²) in [7, 11) is 0. The van der Waals surface area contributed by atoms with Gasteiger partial charge in [-0.15, -0.1) is 11.3 Å². The fourth-order valence-corrected chi connectivity index (χ4v) is 3.39. The maximum absolute atomic E-state index is 4.47. The lowest BCUT2D eigenvalue weighted by Crippen LogP contribution is -2.07. The number of benzene rings is 1. The molecule has 3 aromatic heterocycles. The zero-order chi connectivity index (χ0) is 16.4. The number of aromatic nitrogens is 4. The van der Waals surface area contributed by atoms with Crippen molar-refractivity contribution in [2.45, 2.75) is 19.5 Å². The predicted octanol–water partition coefficient (Wildman–Crippen LogP) is 4.11. The quantitative estimate of drug-likeness (QED) is 0.596. The van der Waals surface area contributed by atoms with Crippen LogP contribution in [0.3, 0.4) is 0 Å². The number of hydrogen-bond donors (Lipinski definition) is 1. The molecule has 1 N–H and O–H groups in total. The van der Waals surface area contributed by atoms with E-state index in [0.717, 1.165) is 28.1 Å². The third kappa shape index (κ3) is 3.00. The Morgan fingerprint density at radius 1 is 1.17 bits per heavy atom. The number of nitrogens with zero attached hydrogens (tertiary/aromatic N) is 4. The molecular weight excluding hydrogens is 318 g/mol. The lowest BCUT2D eigenvalue weighted by molar-refractivity contribution is 0.685. The van der Waals surface area contributed by atoms with Gasteiger partial charge in [-0.1, -0.05) is 30.3 Å². The molecule has 0 saturated heterocycles. The Balaban J connectivity index is 1.51. The highest BCUT2D eigenvalue weighted by molar-refractivity contribution is 7.16. The molecule has 3 heterocycles. The molecule has 4 rings (SSSR count). The molecule has 0 aliphatic heterocycles. The Hall–Kier alpha value is -2.73. The van der Waals surface area contributed by atoms with Gasteiger partial charge in [0.1, 0.15) is 17.0 Å². The second kappa shape index (κ2) is 6.41. The summed E-state index contributed by atoms with van der Waals surface area (Å²) in [6, 6.07) is 12.5. The maximum Gasteiger partial charge on any atom is 0.138 e. The van der Waals surface area contributed by atoms with E-state index in [0.29, 0.717) is 0 Å². The van der Waals surface area contributed by atoms with Gasteiger partial charge in [0.25, 0.3) is 0 Å². The standard InChI is InChI=1S/C18H17N5S/c1-13(22-17-16-7-8-24-18(16)20-12-19-17)15-9-21-23(11-15)10-14-5-3-2-4-6-14/h2-9,11-13H,10H2,1H3,(H,19,20,22). The van der Waals surface area contributed by atoms with Crippen LogP contribution < -0.4 is 5.32 Å². The predicted molar refractivity (Wildman–Crippen MR) is 97.2 cm³/mol. The largest absolute Gasteiger partial charge is 0.363 e. The van der Waals surface area contributed by atoms with E-state index in [1.807, 2.05) is 40.5 Å². The van der Waals surface area contributed by atoms with E-state index in [-0.39, 0.29) is 6.04 Å². The minimum atomic E-state index is 0.118. The van der Waals surface area contributed by atoms with Crippen molar-refractivity contribution in [1.29, 1.82) is 0 Å². The Labute approximate surface area is 144 Å². The minimum Gasteiger partial charge on any atom is -0.363 e. The maximum atomic E-state index is 4.47. The van der Waals surface area contributed by atoms with Gasteiger partial charge in [0.15, 0.2) is 0 Å². The Bertz CT molecular complexity index is 944. The van der Waals surface area contributed by atoms with Crippen LogP contribution in [0.15, 0.2) is 60.5 Å². The zero-order valence-corrected chi connectivity index (χ0v) is 14.1. The van der Waals surface area contributed by atoms with Crippen LogP contribution in [-0.2, 0) is 6.54 Å². The van der Waals surface area contributed by atoms with Gasteiger partial charge in [-0.05, 0) is 23.9 Å². The number of anilines is 1. The fraction of sp³-hybridized carbons (Fsp3) is 0.167. The highest BCUT2D eigenvalue weighted by Gasteiger charge is 2.12. The van der Waals surface area contributed by atoms with Gasteiger partial charge in [-0.2, -0.15) is 5.10 Å². The Morgan fingerprint density at radius 3 is 2.92 bits per heavy atom. The number of fused-ring (bicyclic) bond motifs is 1. The normalized spacial score (nSPS) is 12.4. The summed E-state index contributed by atoms with van der Waals surface area (Å²) >= 11 is 1.62. The first-order chi connectivity index (χ1) is 11.8. The van der Waals surface area contributed by atoms with Crippen LogP contribution in [0.4, 0.5) is 5.82 Å². The molecule has 1 aromatic carbocycles. The topological polar surface area (TPSA) is 55.6 Å². The van der Waals surface area contributed by atoms with Crippen molar-refractivity contribution in [3.8, 4) is 0 Å². The summed E-state index contributed by atoms with van der Waals surface area (Å²) in [5.74, 6) is 0.865. The first-order valence-electron chi connectivity index (χ1n) is 7.80. The number of nitrogens with one attached hydrogen (secondary N) is 1. The molecule has 0 spiro atoms. The van der Waals surface area contributed by atoms with Crippen molar-refractivity contribution < 1.29 is 0 Å². The molecule has 0 radical (unpaired) electrons. The molecule has 0 saturated carbocycles. The van der Waals surface area contributed by atoms with Crippen molar-refractivity contribution in [3.63, 3.8) is 0 Å². The lowest BCUT2D eigenvalue weighted by Gasteiger charge is -2.13. The van der Waals surface area contributed by atoms with Crippen molar-refractivity contribution in [2.75, 3.05) is 5.32 Å². The molecule has 0 aliphatic carbocycles. The molecule has 0 amide bonds. The molecule has 6 heteroatoms.